The van der Waals surface area contributed by atoms with Gasteiger partial charge in [0, 0.05) is 22.5 Å². The normalized spacial score (nSPS) is 25.5. The number of benzene rings is 1. The molecule has 0 saturated heterocycles. The van der Waals surface area contributed by atoms with Crippen molar-refractivity contribution in [1.82, 2.24) is 0 Å². The minimum Gasteiger partial charge on any atom is -0.399 e. The zero-order chi connectivity index (χ0) is 17.7. The molecule has 2 atom stereocenters. The summed E-state index contributed by atoms with van der Waals surface area (Å²) in [4.78, 5) is 18.8. The molecule has 0 saturated carbocycles. The first kappa shape index (κ1) is 14.8. The summed E-state index contributed by atoms with van der Waals surface area (Å²) in [5.41, 5.74) is 16.7. The van der Waals surface area contributed by atoms with Crippen molar-refractivity contribution in [2.24, 2.45) is 31.4 Å². The Balaban J connectivity index is 1.57. The summed E-state index contributed by atoms with van der Waals surface area (Å²) in [6, 6.07) is 7.74. The van der Waals surface area contributed by atoms with Crippen LogP contribution in [-0.2, 0) is 0 Å². The van der Waals surface area contributed by atoms with Crippen LogP contribution in [0.2, 0.25) is 0 Å². The predicted octanol–water partition coefficient (Wildman–Crippen LogP) is 1.65. The number of hydrogen-bond donors (Lipinski definition) is 2. The van der Waals surface area contributed by atoms with E-state index < -0.39 is 0 Å². The van der Waals surface area contributed by atoms with E-state index >= 15 is 0 Å². The maximum atomic E-state index is 5.87. The molecule has 0 aromatic heterocycles. The molecule has 0 fully saturated rings. The van der Waals surface area contributed by atoms with Gasteiger partial charge in [-0.05, 0) is 30.4 Å². The Bertz CT molecular complexity index is 1040. The second-order valence-corrected chi connectivity index (χ2v) is 6.42. The van der Waals surface area contributed by atoms with Gasteiger partial charge in [0.05, 0.1) is 11.4 Å². The number of nitrogens with two attached hydrogens (primary N) is 2. The van der Waals surface area contributed by atoms with E-state index in [1.54, 1.807) is 0 Å². The molecule has 1 aromatic carbocycles. The van der Waals surface area contributed by atoms with E-state index in [2.05, 4.69) is 9.98 Å². The summed E-state index contributed by atoms with van der Waals surface area (Å²) in [7, 11) is 0. The van der Waals surface area contributed by atoms with Crippen LogP contribution in [0.4, 0.5) is 0 Å². The van der Waals surface area contributed by atoms with Crippen molar-refractivity contribution in [3.63, 3.8) is 0 Å². The van der Waals surface area contributed by atoms with Gasteiger partial charge in [-0.2, -0.15) is 0 Å². The first-order valence-corrected chi connectivity index (χ1v) is 8.41. The molecule has 126 valence electrons. The molecule has 4 N–H and O–H groups in total. The summed E-state index contributed by atoms with van der Waals surface area (Å²) >= 11 is 0. The van der Waals surface area contributed by atoms with E-state index in [1.165, 1.54) is 0 Å². The minimum absolute atomic E-state index is 0.0737. The number of amidine groups is 2. The Labute approximate surface area is 150 Å². The molecule has 4 aliphatic rings. The topological polar surface area (TPSA) is 101 Å². The number of fused-ring (bicyclic) bond motifs is 2. The highest BCUT2D eigenvalue weighted by Crippen LogP contribution is 2.24. The number of rotatable bonds is 2. The molecule has 0 spiro atoms. The lowest BCUT2D eigenvalue weighted by Crippen LogP contribution is -2.16. The molecule has 0 radical (unpaired) electrons. The van der Waals surface area contributed by atoms with E-state index in [4.69, 9.17) is 21.5 Å². The summed E-state index contributed by atoms with van der Waals surface area (Å²) < 4.78 is 0. The second-order valence-electron chi connectivity index (χ2n) is 6.42. The van der Waals surface area contributed by atoms with Crippen LogP contribution in [0.1, 0.15) is 11.1 Å². The van der Waals surface area contributed by atoms with Crippen molar-refractivity contribution >= 4 is 23.1 Å². The molecule has 6 nitrogen and oxygen atoms in total. The Morgan fingerprint density at radius 1 is 0.731 bits per heavy atom. The van der Waals surface area contributed by atoms with Gasteiger partial charge in [0.2, 0.25) is 0 Å². The van der Waals surface area contributed by atoms with Crippen LogP contribution in [0.3, 0.4) is 0 Å². The van der Waals surface area contributed by atoms with Crippen LogP contribution in [0, 0.1) is 0 Å². The van der Waals surface area contributed by atoms with Crippen LogP contribution >= 0.6 is 0 Å². The summed E-state index contributed by atoms with van der Waals surface area (Å²) in [6.45, 7) is 0. The van der Waals surface area contributed by atoms with Gasteiger partial charge < -0.3 is 11.5 Å². The molecular weight excluding hydrogens is 324 g/mol. The van der Waals surface area contributed by atoms with E-state index in [0.717, 1.165) is 22.6 Å². The number of hydrogen-bond acceptors (Lipinski definition) is 6. The van der Waals surface area contributed by atoms with Crippen LogP contribution in [0.15, 0.2) is 92.1 Å². The molecule has 2 heterocycles. The first-order chi connectivity index (χ1) is 12.7. The van der Waals surface area contributed by atoms with Crippen molar-refractivity contribution in [3.05, 3.63) is 83.2 Å². The summed E-state index contributed by atoms with van der Waals surface area (Å²) in [5.74, 6) is 1.36. The van der Waals surface area contributed by atoms with E-state index in [-0.39, 0.29) is 12.1 Å². The van der Waals surface area contributed by atoms with Gasteiger partial charge in [-0.1, -0.05) is 30.3 Å². The molecule has 2 aliphatic heterocycles. The molecule has 26 heavy (non-hydrogen) atoms. The highest BCUT2D eigenvalue weighted by Gasteiger charge is 2.27. The fraction of sp³-hybridized carbons (Fsp3) is 0.100. The van der Waals surface area contributed by atoms with E-state index in [0.29, 0.717) is 23.1 Å². The van der Waals surface area contributed by atoms with Crippen LogP contribution < -0.4 is 11.5 Å². The fourth-order valence-electron chi connectivity index (χ4n) is 3.32. The molecular formula is C20H16N6. The number of allylic oxidation sites excluding steroid dienone is 2. The third-order valence-electron chi connectivity index (χ3n) is 4.59. The Morgan fingerprint density at radius 3 is 2.19 bits per heavy atom. The van der Waals surface area contributed by atoms with Crippen LogP contribution in [0.25, 0.3) is 0 Å². The summed E-state index contributed by atoms with van der Waals surface area (Å²) in [5, 5.41) is 0. The largest absolute Gasteiger partial charge is 0.399 e. The van der Waals surface area contributed by atoms with Gasteiger partial charge in [-0.25, -0.2) is 9.98 Å². The Morgan fingerprint density at radius 2 is 1.42 bits per heavy atom. The first-order valence-electron chi connectivity index (χ1n) is 8.41. The van der Waals surface area contributed by atoms with Crippen LogP contribution in [-0.4, -0.2) is 35.2 Å². The zero-order valence-corrected chi connectivity index (χ0v) is 13.9. The lowest BCUT2D eigenvalue weighted by molar-refractivity contribution is 1.08. The van der Waals surface area contributed by atoms with Gasteiger partial charge in [0.1, 0.15) is 12.1 Å². The lowest BCUT2D eigenvalue weighted by atomic mass is 10.1. The third kappa shape index (κ3) is 2.35. The molecule has 0 bridgehead atoms. The van der Waals surface area contributed by atoms with Crippen molar-refractivity contribution in [2.45, 2.75) is 12.1 Å². The average Bonchev–Trinajstić information content (AvgIpc) is 3.24. The maximum absolute atomic E-state index is 5.87. The average molecular weight is 340 g/mol. The van der Waals surface area contributed by atoms with Crippen LogP contribution in [0.5, 0.6) is 0 Å². The standard InChI is InChI=1S/C20H16N6/c21-11-5-7-15-17(9-11)25-19(23-15)13-3-1-2-4-14(13)20-24-16-8-6-12(22)10-18(16)26-20/h1-10,15,18H,21-22H2. The highest BCUT2D eigenvalue weighted by atomic mass is 15.0. The van der Waals surface area contributed by atoms with Crippen molar-refractivity contribution in [1.29, 1.82) is 0 Å². The third-order valence-corrected chi connectivity index (χ3v) is 4.59. The minimum atomic E-state index is -0.117. The van der Waals surface area contributed by atoms with E-state index in [9.17, 15) is 0 Å². The molecule has 5 rings (SSSR count). The van der Waals surface area contributed by atoms with Crippen molar-refractivity contribution in [3.8, 4) is 0 Å². The van der Waals surface area contributed by atoms with E-state index in [1.807, 2.05) is 60.7 Å². The van der Waals surface area contributed by atoms with Gasteiger partial charge in [0.25, 0.3) is 0 Å². The second kappa shape index (κ2) is 5.49. The monoisotopic (exact) mass is 340 g/mol. The van der Waals surface area contributed by atoms with Gasteiger partial charge >= 0.3 is 0 Å². The smallest absolute Gasteiger partial charge is 0.156 e. The number of nitrogens with zero attached hydrogens (tertiary/aromatic N) is 4. The number of aliphatic imine (C=N–C) groups is 4. The quantitative estimate of drug-likeness (QED) is 0.855. The summed E-state index contributed by atoms with van der Waals surface area (Å²) in [6.07, 6.45) is 11.4. The maximum Gasteiger partial charge on any atom is 0.156 e. The fourth-order valence-corrected chi connectivity index (χ4v) is 3.32. The van der Waals surface area contributed by atoms with Gasteiger partial charge in [-0.3, -0.25) is 9.98 Å². The Kier molecular flexibility index (Phi) is 3.12. The predicted molar refractivity (Wildman–Crippen MR) is 105 cm³/mol. The molecule has 0 amide bonds. The van der Waals surface area contributed by atoms with Crippen molar-refractivity contribution < 1.29 is 0 Å². The lowest BCUT2D eigenvalue weighted by Gasteiger charge is -2.07. The molecule has 1 aromatic rings. The highest BCUT2D eigenvalue weighted by molar-refractivity contribution is 6.24. The van der Waals surface area contributed by atoms with Crippen molar-refractivity contribution in [2.75, 3.05) is 0 Å². The van der Waals surface area contributed by atoms with Gasteiger partial charge in [0.15, 0.2) is 11.7 Å². The SMILES string of the molecule is NC1=CC2=NC(c3ccccc3C3=NC4C=C(N)C=CC4=N3)=NC2C=C1. The molecule has 2 unspecified atom stereocenters. The van der Waals surface area contributed by atoms with Gasteiger partial charge in [-0.15, -0.1) is 0 Å². The molecule has 6 heteroatoms. The zero-order valence-electron chi connectivity index (χ0n) is 13.9. The molecule has 2 aliphatic carbocycles. The Hall–Kier alpha value is -3.54.